The highest BCUT2D eigenvalue weighted by molar-refractivity contribution is 9.11. The number of halogens is 12. The van der Waals surface area contributed by atoms with Crippen LogP contribution in [0.1, 0.15) is 11.1 Å². The quantitative estimate of drug-likeness (QED) is 0.278. The van der Waals surface area contributed by atoms with E-state index in [1.807, 2.05) is 0 Å². The van der Waals surface area contributed by atoms with Crippen molar-refractivity contribution >= 4 is 66.7 Å². The molecule has 1 aromatic rings. The second kappa shape index (κ2) is 6.70. The van der Waals surface area contributed by atoms with Gasteiger partial charge in [-0.15, -0.1) is 0 Å². The van der Waals surface area contributed by atoms with Crippen LogP contribution in [-0.4, -0.2) is 16.1 Å². The summed E-state index contributed by atoms with van der Waals surface area (Å²) >= 11 is 21.7. The summed E-state index contributed by atoms with van der Waals surface area (Å²) in [6, 6.07) is 2.64. The first-order valence-corrected chi connectivity index (χ1v) is 8.02. The van der Waals surface area contributed by atoms with E-state index in [-0.39, 0.29) is 4.47 Å². The van der Waals surface area contributed by atoms with Gasteiger partial charge in [-0.1, -0.05) is 50.7 Å². The van der Waals surface area contributed by atoms with Crippen molar-refractivity contribution in [2.45, 2.75) is 28.2 Å². The molecule has 0 aliphatic carbocycles. The van der Waals surface area contributed by atoms with Gasteiger partial charge in [-0.05, 0) is 27.6 Å². The molecule has 0 amide bonds. The molecule has 1 radical (unpaired) electrons. The summed E-state index contributed by atoms with van der Waals surface area (Å²) in [5, 5.41) is 0. The van der Waals surface area contributed by atoms with E-state index in [1.54, 1.807) is 0 Å². The molecule has 0 atom stereocenters. The SMILES string of the molecule is FC(F)(F)C(F)(c1cc(Br)[c]c(Br)c1CC(Cl)(Cl)Cl)C(F)(F)F. The average molecular weight is 534 g/mol. The monoisotopic (exact) mass is 531 g/mol. The van der Waals surface area contributed by atoms with Gasteiger partial charge in [0.2, 0.25) is 0 Å². The van der Waals surface area contributed by atoms with E-state index < -0.39 is 43.8 Å². The van der Waals surface area contributed by atoms with Gasteiger partial charge in [0.1, 0.15) is 0 Å². The Labute approximate surface area is 157 Å². The van der Waals surface area contributed by atoms with Crippen LogP contribution >= 0.6 is 66.7 Å². The molecule has 12 heteroatoms. The Kier molecular flexibility index (Phi) is 6.29. The minimum atomic E-state index is -6.28. The lowest BCUT2D eigenvalue weighted by atomic mass is 9.89. The van der Waals surface area contributed by atoms with Gasteiger partial charge in [0, 0.05) is 27.0 Å². The fourth-order valence-electron chi connectivity index (χ4n) is 1.70. The van der Waals surface area contributed by atoms with E-state index in [2.05, 4.69) is 37.9 Å². The molecule has 23 heavy (non-hydrogen) atoms. The van der Waals surface area contributed by atoms with Crippen molar-refractivity contribution in [2.24, 2.45) is 0 Å². The molecule has 0 aromatic heterocycles. The smallest absolute Gasteiger partial charge is 0.218 e. The number of alkyl halides is 10. The molecule has 0 aliphatic rings. The minimum absolute atomic E-state index is 0.303. The summed E-state index contributed by atoms with van der Waals surface area (Å²) in [4.78, 5) is 0. The number of benzene rings is 1. The summed E-state index contributed by atoms with van der Waals surface area (Å²) < 4.78 is 88.9. The van der Waals surface area contributed by atoms with Gasteiger partial charge in [0.15, 0.2) is 3.79 Å². The summed E-state index contributed by atoms with van der Waals surface area (Å²) in [7, 11) is 0. The first-order chi connectivity index (χ1) is 10.0. The molecule has 1 rings (SSSR count). The molecular weight excluding hydrogens is 531 g/mol. The van der Waals surface area contributed by atoms with Crippen LogP contribution in [-0.2, 0) is 12.1 Å². The molecule has 0 saturated carbocycles. The molecule has 1 aromatic carbocycles. The average Bonchev–Trinajstić information content (AvgIpc) is 2.26. The van der Waals surface area contributed by atoms with Gasteiger partial charge < -0.3 is 0 Å². The molecule has 0 bridgehead atoms. The third kappa shape index (κ3) is 4.59. The molecule has 0 aliphatic heterocycles. The zero-order valence-corrected chi connectivity index (χ0v) is 15.8. The Bertz CT molecular complexity index is 579. The highest BCUT2D eigenvalue weighted by atomic mass is 79.9. The van der Waals surface area contributed by atoms with E-state index >= 15 is 0 Å². The molecule has 0 heterocycles. The standard InChI is InChI=1S/C11H3Br2Cl3F7/c12-4-1-6(5(7(13)2-4)3-8(14,15)16)9(17,10(18,19)20)11(21,22)23/h1H,3H2. The summed E-state index contributed by atoms with van der Waals surface area (Å²) in [5.74, 6) is 0. The maximum atomic E-state index is 14.3. The lowest BCUT2D eigenvalue weighted by molar-refractivity contribution is -0.348. The molecule has 131 valence electrons. The fraction of sp³-hybridized carbons (Fsp3) is 0.455. The van der Waals surface area contributed by atoms with Crippen LogP contribution in [0.25, 0.3) is 0 Å². The van der Waals surface area contributed by atoms with Crippen molar-refractivity contribution in [3.63, 3.8) is 0 Å². The van der Waals surface area contributed by atoms with Crippen LogP contribution in [0.4, 0.5) is 30.7 Å². The van der Waals surface area contributed by atoms with Crippen LogP contribution in [0.3, 0.4) is 0 Å². The van der Waals surface area contributed by atoms with Gasteiger partial charge in [-0.25, -0.2) is 4.39 Å². The van der Waals surface area contributed by atoms with Crippen LogP contribution < -0.4 is 0 Å². The van der Waals surface area contributed by atoms with Gasteiger partial charge in [0.25, 0.3) is 0 Å². The fourth-order valence-corrected chi connectivity index (χ4v) is 3.36. The minimum Gasteiger partial charge on any atom is -0.218 e. The summed E-state index contributed by atoms with van der Waals surface area (Å²) in [6.45, 7) is 0. The third-order valence-corrected chi connectivity index (χ3v) is 4.12. The maximum absolute atomic E-state index is 14.3. The number of rotatable bonds is 2. The van der Waals surface area contributed by atoms with Gasteiger partial charge in [0.05, 0.1) is 0 Å². The van der Waals surface area contributed by atoms with Gasteiger partial charge >= 0.3 is 18.0 Å². The van der Waals surface area contributed by atoms with Crippen molar-refractivity contribution in [1.29, 1.82) is 0 Å². The topological polar surface area (TPSA) is 0 Å². The van der Waals surface area contributed by atoms with Crippen molar-refractivity contribution < 1.29 is 30.7 Å². The van der Waals surface area contributed by atoms with E-state index in [4.69, 9.17) is 34.8 Å². The van der Waals surface area contributed by atoms with Gasteiger partial charge in [-0.2, -0.15) is 26.3 Å². The van der Waals surface area contributed by atoms with Crippen LogP contribution in [0, 0.1) is 6.07 Å². The predicted octanol–water partition coefficient (Wildman–Crippen LogP) is 7.21. The third-order valence-electron chi connectivity index (χ3n) is 2.62. The van der Waals surface area contributed by atoms with E-state index in [9.17, 15) is 30.7 Å². The van der Waals surface area contributed by atoms with Crippen molar-refractivity contribution in [1.82, 2.24) is 0 Å². The number of hydrogen-bond donors (Lipinski definition) is 0. The van der Waals surface area contributed by atoms with E-state index in [0.717, 1.165) is 0 Å². The molecule has 0 nitrogen and oxygen atoms in total. The largest absolute Gasteiger partial charge is 0.435 e. The van der Waals surface area contributed by atoms with E-state index in [0.29, 0.717) is 6.07 Å². The lowest BCUT2D eigenvalue weighted by Crippen LogP contribution is -2.51. The lowest BCUT2D eigenvalue weighted by Gasteiger charge is -2.32. The van der Waals surface area contributed by atoms with Crippen molar-refractivity contribution in [3.8, 4) is 0 Å². The first-order valence-electron chi connectivity index (χ1n) is 5.30. The van der Waals surface area contributed by atoms with Crippen molar-refractivity contribution in [3.05, 3.63) is 32.2 Å². The zero-order chi connectivity index (χ0) is 18.4. The molecule has 0 unspecified atom stereocenters. The highest BCUT2D eigenvalue weighted by Gasteiger charge is 2.74. The highest BCUT2D eigenvalue weighted by Crippen LogP contribution is 2.55. The molecule has 0 fully saturated rings. The number of hydrogen-bond acceptors (Lipinski definition) is 0. The Morgan fingerprint density at radius 1 is 0.913 bits per heavy atom. The molecular formula is C11H3Br2Cl3F7. The Hall–Kier alpha value is 0.560. The van der Waals surface area contributed by atoms with Crippen molar-refractivity contribution in [2.75, 3.05) is 0 Å². The zero-order valence-electron chi connectivity index (χ0n) is 10.3. The van der Waals surface area contributed by atoms with Gasteiger partial charge in [-0.3, -0.25) is 0 Å². The Morgan fingerprint density at radius 3 is 1.70 bits per heavy atom. The first kappa shape index (κ1) is 21.6. The Morgan fingerprint density at radius 2 is 1.35 bits per heavy atom. The summed E-state index contributed by atoms with van der Waals surface area (Å²) in [6.07, 6.45) is -13.5. The second-order valence-electron chi connectivity index (χ2n) is 4.27. The molecule has 0 N–H and O–H groups in total. The predicted molar refractivity (Wildman–Crippen MR) is 79.6 cm³/mol. The second-order valence-corrected chi connectivity index (χ2v) is 8.43. The Balaban J connectivity index is 3.80. The normalized spacial score (nSPS) is 14.3. The van der Waals surface area contributed by atoms with E-state index in [1.165, 1.54) is 0 Å². The summed E-state index contributed by atoms with van der Waals surface area (Å²) in [5.41, 5.74) is -8.20. The van der Waals surface area contributed by atoms with Crippen LogP contribution in [0.15, 0.2) is 15.0 Å². The maximum Gasteiger partial charge on any atom is 0.435 e. The molecule has 0 saturated heterocycles. The van der Waals surface area contributed by atoms with Crippen LogP contribution in [0.5, 0.6) is 0 Å². The molecule has 0 spiro atoms. The van der Waals surface area contributed by atoms with Crippen LogP contribution in [0.2, 0.25) is 0 Å².